The first-order valence-corrected chi connectivity index (χ1v) is 5.39. The average molecular weight is 231 g/mol. The predicted molar refractivity (Wildman–Crippen MR) is 66.2 cm³/mol. The van der Waals surface area contributed by atoms with E-state index >= 15 is 0 Å². The molecule has 1 N–H and O–H groups in total. The second-order valence-corrected chi connectivity index (χ2v) is 3.68. The fraction of sp³-hybridized carbons (Fsp3) is 0.143. The third-order valence-corrected chi connectivity index (χ3v) is 2.48. The average Bonchev–Trinajstić information content (AvgIpc) is 2.38. The van der Waals surface area contributed by atoms with E-state index in [2.05, 4.69) is 5.32 Å². The predicted octanol–water partition coefficient (Wildman–Crippen LogP) is 3.58. The largest absolute Gasteiger partial charge is 0.357 e. The van der Waals surface area contributed by atoms with Crippen molar-refractivity contribution in [3.8, 4) is 0 Å². The summed E-state index contributed by atoms with van der Waals surface area (Å²) < 4.78 is 18.2. The Bertz CT molecular complexity index is 455. The SMILES string of the molecule is COC(Nc1ccccc1)c1ccc(F)cc1. The zero-order valence-electron chi connectivity index (χ0n) is 9.56. The van der Waals surface area contributed by atoms with Crippen LogP contribution in [-0.2, 0) is 4.74 Å². The fourth-order valence-electron chi connectivity index (χ4n) is 1.60. The van der Waals surface area contributed by atoms with Gasteiger partial charge >= 0.3 is 0 Å². The van der Waals surface area contributed by atoms with Crippen molar-refractivity contribution >= 4 is 5.69 Å². The normalized spacial score (nSPS) is 12.1. The van der Waals surface area contributed by atoms with Crippen LogP contribution in [0.25, 0.3) is 0 Å². The Kier molecular flexibility index (Phi) is 3.73. The van der Waals surface area contributed by atoms with Crippen molar-refractivity contribution in [1.29, 1.82) is 0 Å². The standard InChI is InChI=1S/C14H14FNO/c1-17-14(11-7-9-12(15)10-8-11)16-13-5-3-2-4-6-13/h2-10,14,16H,1H3. The first kappa shape index (κ1) is 11.6. The van der Waals surface area contributed by atoms with Gasteiger partial charge < -0.3 is 10.1 Å². The molecule has 0 aliphatic carbocycles. The van der Waals surface area contributed by atoms with Crippen LogP contribution in [0.5, 0.6) is 0 Å². The second kappa shape index (κ2) is 5.46. The molecule has 17 heavy (non-hydrogen) atoms. The summed E-state index contributed by atoms with van der Waals surface area (Å²) in [5.74, 6) is -0.247. The van der Waals surface area contributed by atoms with E-state index in [4.69, 9.17) is 4.74 Å². The quantitative estimate of drug-likeness (QED) is 0.812. The summed E-state index contributed by atoms with van der Waals surface area (Å²) in [4.78, 5) is 0. The molecule has 2 aromatic carbocycles. The fourth-order valence-corrected chi connectivity index (χ4v) is 1.60. The molecule has 0 saturated heterocycles. The molecule has 0 amide bonds. The Morgan fingerprint density at radius 1 is 1.00 bits per heavy atom. The van der Waals surface area contributed by atoms with Crippen molar-refractivity contribution in [2.45, 2.75) is 6.23 Å². The summed E-state index contributed by atoms with van der Waals surface area (Å²) in [7, 11) is 1.62. The van der Waals surface area contributed by atoms with Gasteiger partial charge in [-0.3, -0.25) is 0 Å². The lowest BCUT2D eigenvalue weighted by Crippen LogP contribution is -2.12. The minimum atomic E-state index is -0.280. The van der Waals surface area contributed by atoms with Crippen LogP contribution >= 0.6 is 0 Å². The second-order valence-electron chi connectivity index (χ2n) is 3.68. The maximum atomic E-state index is 12.8. The summed E-state index contributed by atoms with van der Waals surface area (Å²) in [6.45, 7) is 0. The molecule has 3 heteroatoms. The van der Waals surface area contributed by atoms with Crippen LogP contribution in [0.15, 0.2) is 54.6 Å². The van der Waals surface area contributed by atoms with Crippen molar-refractivity contribution in [2.24, 2.45) is 0 Å². The Labute approximate surface area is 100 Å². The van der Waals surface area contributed by atoms with Crippen molar-refractivity contribution in [3.05, 3.63) is 66.0 Å². The summed E-state index contributed by atoms with van der Waals surface area (Å²) >= 11 is 0. The maximum Gasteiger partial charge on any atom is 0.153 e. The van der Waals surface area contributed by atoms with Gasteiger partial charge in [-0.25, -0.2) is 4.39 Å². The molecular weight excluding hydrogens is 217 g/mol. The summed E-state index contributed by atoms with van der Waals surface area (Å²) in [6, 6.07) is 16.0. The van der Waals surface area contributed by atoms with E-state index < -0.39 is 0 Å². The van der Waals surface area contributed by atoms with E-state index in [9.17, 15) is 4.39 Å². The van der Waals surface area contributed by atoms with Gasteiger partial charge in [-0.1, -0.05) is 30.3 Å². The number of ether oxygens (including phenoxy) is 1. The van der Waals surface area contributed by atoms with Crippen molar-refractivity contribution < 1.29 is 9.13 Å². The molecule has 0 aliphatic heterocycles. The van der Waals surface area contributed by atoms with Crippen LogP contribution in [0, 0.1) is 5.82 Å². The van der Waals surface area contributed by atoms with E-state index in [1.165, 1.54) is 12.1 Å². The minimum absolute atomic E-state index is 0.247. The van der Waals surface area contributed by atoms with Gasteiger partial charge in [0.05, 0.1) is 0 Å². The monoisotopic (exact) mass is 231 g/mol. The molecular formula is C14H14FNO. The number of hydrogen-bond donors (Lipinski definition) is 1. The number of halogens is 1. The molecule has 1 unspecified atom stereocenters. The molecule has 2 rings (SSSR count). The van der Waals surface area contributed by atoms with Crippen molar-refractivity contribution in [1.82, 2.24) is 0 Å². The third-order valence-electron chi connectivity index (χ3n) is 2.48. The Morgan fingerprint density at radius 3 is 2.24 bits per heavy atom. The molecule has 0 bridgehead atoms. The van der Waals surface area contributed by atoms with E-state index in [0.717, 1.165) is 11.3 Å². The van der Waals surface area contributed by atoms with Gasteiger partial charge in [-0.05, 0) is 24.3 Å². The molecule has 0 aliphatic rings. The zero-order valence-corrected chi connectivity index (χ0v) is 9.56. The lowest BCUT2D eigenvalue weighted by atomic mass is 10.2. The number of methoxy groups -OCH3 is 1. The molecule has 88 valence electrons. The van der Waals surface area contributed by atoms with Crippen LogP contribution in [0.1, 0.15) is 11.8 Å². The lowest BCUT2D eigenvalue weighted by molar-refractivity contribution is 0.127. The zero-order chi connectivity index (χ0) is 12.1. The Hall–Kier alpha value is -1.87. The molecule has 0 fully saturated rings. The van der Waals surface area contributed by atoms with Crippen LogP contribution in [-0.4, -0.2) is 7.11 Å². The summed E-state index contributed by atoms with van der Waals surface area (Å²) in [5.41, 5.74) is 1.85. The molecule has 1 atom stereocenters. The molecule has 0 radical (unpaired) electrons. The van der Waals surface area contributed by atoms with E-state index in [0.29, 0.717) is 0 Å². The lowest BCUT2D eigenvalue weighted by Gasteiger charge is -2.18. The van der Waals surface area contributed by atoms with E-state index in [1.54, 1.807) is 19.2 Å². The first-order chi connectivity index (χ1) is 8.29. The van der Waals surface area contributed by atoms with E-state index in [-0.39, 0.29) is 12.0 Å². The molecule has 0 heterocycles. The highest BCUT2D eigenvalue weighted by atomic mass is 19.1. The molecule has 0 aromatic heterocycles. The number of hydrogen-bond acceptors (Lipinski definition) is 2. The van der Waals surface area contributed by atoms with Gasteiger partial charge in [-0.15, -0.1) is 0 Å². The van der Waals surface area contributed by atoms with Gasteiger partial charge in [0.25, 0.3) is 0 Å². The maximum absolute atomic E-state index is 12.8. The number of nitrogens with one attached hydrogen (secondary N) is 1. The summed E-state index contributed by atoms with van der Waals surface area (Å²) in [6.07, 6.45) is -0.280. The van der Waals surface area contributed by atoms with Gasteiger partial charge in [0.15, 0.2) is 6.23 Å². The van der Waals surface area contributed by atoms with Gasteiger partial charge in [0.2, 0.25) is 0 Å². The van der Waals surface area contributed by atoms with Crippen LogP contribution in [0.4, 0.5) is 10.1 Å². The molecule has 0 saturated carbocycles. The number of benzene rings is 2. The minimum Gasteiger partial charge on any atom is -0.357 e. The summed E-state index contributed by atoms with van der Waals surface area (Å²) in [5, 5.41) is 3.22. The van der Waals surface area contributed by atoms with Gasteiger partial charge in [0, 0.05) is 18.4 Å². The highest BCUT2D eigenvalue weighted by Crippen LogP contribution is 2.20. The number of anilines is 1. The van der Waals surface area contributed by atoms with Gasteiger partial charge in [-0.2, -0.15) is 0 Å². The van der Waals surface area contributed by atoms with Crippen molar-refractivity contribution in [3.63, 3.8) is 0 Å². The van der Waals surface area contributed by atoms with Crippen LogP contribution in [0.2, 0.25) is 0 Å². The van der Waals surface area contributed by atoms with Crippen molar-refractivity contribution in [2.75, 3.05) is 12.4 Å². The molecule has 2 nitrogen and oxygen atoms in total. The van der Waals surface area contributed by atoms with Crippen LogP contribution < -0.4 is 5.32 Å². The Morgan fingerprint density at radius 2 is 1.65 bits per heavy atom. The number of para-hydroxylation sites is 1. The highest BCUT2D eigenvalue weighted by Gasteiger charge is 2.09. The smallest absolute Gasteiger partial charge is 0.153 e. The Balaban J connectivity index is 2.14. The van der Waals surface area contributed by atoms with E-state index in [1.807, 2.05) is 30.3 Å². The third kappa shape index (κ3) is 3.04. The number of rotatable bonds is 4. The van der Waals surface area contributed by atoms with Gasteiger partial charge in [0.1, 0.15) is 5.82 Å². The topological polar surface area (TPSA) is 21.3 Å². The highest BCUT2D eigenvalue weighted by molar-refractivity contribution is 5.44. The molecule has 2 aromatic rings. The first-order valence-electron chi connectivity index (χ1n) is 5.39. The molecule has 0 spiro atoms. The van der Waals surface area contributed by atoms with Crippen LogP contribution in [0.3, 0.4) is 0 Å².